The molecule has 0 unspecified atom stereocenters. The van der Waals surface area contributed by atoms with Crippen LogP contribution in [0.2, 0.25) is 0 Å². The van der Waals surface area contributed by atoms with Crippen molar-refractivity contribution in [1.82, 2.24) is 10.7 Å². The van der Waals surface area contributed by atoms with Crippen LogP contribution in [0.3, 0.4) is 0 Å². The van der Waals surface area contributed by atoms with E-state index in [1.165, 1.54) is 0 Å². The van der Waals surface area contributed by atoms with Crippen molar-refractivity contribution in [1.29, 1.82) is 0 Å². The zero-order valence-corrected chi connectivity index (χ0v) is 14.5. The van der Waals surface area contributed by atoms with Gasteiger partial charge in [-0.15, -0.1) is 0 Å². The summed E-state index contributed by atoms with van der Waals surface area (Å²) in [5.41, 5.74) is 4.71. The molecule has 0 radical (unpaired) electrons. The van der Waals surface area contributed by atoms with E-state index in [2.05, 4.69) is 22.8 Å². The minimum absolute atomic E-state index is 0.135. The van der Waals surface area contributed by atoms with Gasteiger partial charge >= 0.3 is 0 Å². The summed E-state index contributed by atoms with van der Waals surface area (Å²) in [5, 5.41) is 7.85. The molecular weight excluding hydrogens is 298 g/mol. The van der Waals surface area contributed by atoms with Crippen LogP contribution in [-0.4, -0.2) is 37.2 Å². The van der Waals surface area contributed by atoms with Crippen LogP contribution in [0, 0.1) is 0 Å². The maximum absolute atomic E-state index is 5.56. The third kappa shape index (κ3) is 6.87. The maximum atomic E-state index is 5.56. The molecule has 0 aromatic heterocycles. The molecule has 1 aromatic rings. The number of hydrogen-bond acceptors (Lipinski definition) is 4. The number of nitrogens with one attached hydrogen (secondary N) is 2. The molecular formula is C16H25N3O2S. The van der Waals surface area contributed by atoms with Gasteiger partial charge < -0.3 is 14.8 Å². The van der Waals surface area contributed by atoms with Gasteiger partial charge in [-0.25, -0.2) is 0 Å². The number of hydrazone groups is 1. The first-order valence-corrected chi connectivity index (χ1v) is 7.80. The van der Waals surface area contributed by atoms with Crippen LogP contribution in [-0.2, 0) is 4.74 Å². The summed E-state index contributed by atoms with van der Waals surface area (Å²) in [6, 6.07) is 7.99. The zero-order chi connectivity index (χ0) is 16.4. The number of nitrogens with zero attached hydrogens (tertiary/aromatic N) is 1. The Kier molecular flexibility index (Phi) is 8.47. The molecule has 0 saturated carbocycles. The lowest BCUT2D eigenvalue weighted by atomic mass is 10.1. The summed E-state index contributed by atoms with van der Waals surface area (Å²) in [5.74, 6) is 0.872. The van der Waals surface area contributed by atoms with Gasteiger partial charge in [-0.05, 0) is 62.3 Å². The van der Waals surface area contributed by atoms with Crippen molar-refractivity contribution < 1.29 is 9.47 Å². The molecule has 0 amide bonds. The Morgan fingerprint density at radius 2 is 2.00 bits per heavy atom. The molecule has 0 bridgehead atoms. The summed E-state index contributed by atoms with van der Waals surface area (Å²) in [4.78, 5) is 0. The first-order valence-electron chi connectivity index (χ1n) is 7.39. The first-order chi connectivity index (χ1) is 10.6. The Balaban J connectivity index is 2.52. The third-order valence-corrected chi connectivity index (χ3v) is 3.07. The van der Waals surface area contributed by atoms with E-state index in [1.807, 2.05) is 38.1 Å². The van der Waals surface area contributed by atoms with Crippen LogP contribution >= 0.6 is 12.2 Å². The molecule has 0 fully saturated rings. The lowest BCUT2D eigenvalue weighted by Gasteiger charge is -2.14. The lowest BCUT2D eigenvalue weighted by molar-refractivity contribution is 0.179. The smallest absolute Gasteiger partial charge is 0.187 e. The first kappa shape index (κ1) is 18.4. The number of hydrogen-bond donors (Lipinski definition) is 2. The fraction of sp³-hybridized carbons (Fsp3) is 0.500. The molecule has 0 aliphatic carbocycles. The summed E-state index contributed by atoms with van der Waals surface area (Å²) in [6.07, 6.45) is 0.998. The molecule has 6 heteroatoms. The molecule has 1 atom stereocenters. The second kappa shape index (κ2) is 10.1. The Morgan fingerprint density at radius 3 is 2.59 bits per heavy atom. The monoisotopic (exact) mass is 323 g/mol. The minimum Gasteiger partial charge on any atom is -0.494 e. The average molecular weight is 323 g/mol. The fourth-order valence-electron chi connectivity index (χ4n) is 1.76. The van der Waals surface area contributed by atoms with Gasteiger partial charge in [0.15, 0.2) is 5.11 Å². The highest BCUT2D eigenvalue weighted by Crippen LogP contribution is 2.13. The van der Waals surface area contributed by atoms with E-state index in [4.69, 9.17) is 21.7 Å². The van der Waals surface area contributed by atoms with Gasteiger partial charge in [-0.3, -0.25) is 5.43 Å². The van der Waals surface area contributed by atoms with E-state index in [9.17, 15) is 0 Å². The number of benzene rings is 1. The molecule has 0 heterocycles. The summed E-state index contributed by atoms with van der Waals surface area (Å²) in [6.45, 7) is 7.32. The van der Waals surface area contributed by atoms with Gasteiger partial charge in [-0.1, -0.05) is 6.92 Å². The van der Waals surface area contributed by atoms with Crippen molar-refractivity contribution in [2.45, 2.75) is 33.2 Å². The zero-order valence-electron chi connectivity index (χ0n) is 13.7. The van der Waals surface area contributed by atoms with Crippen molar-refractivity contribution in [3.8, 4) is 5.75 Å². The van der Waals surface area contributed by atoms with Crippen molar-refractivity contribution >= 4 is 23.0 Å². The molecule has 5 nitrogen and oxygen atoms in total. The third-order valence-electron chi connectivity index (χ3n) is 2.86. The van der Waals surface area contributed by atoms with E-state index >= 15 is 0 Å². The molecule has 0 spiro atoms. The topological polar surface area (TPSA) is 54.9 Å². The standard InChI is InChI=1S/C16H25N3O2S/c1-5-10-21-15-8-6-14(7-9-15)13(3)18-19-16(22)17-12(2)11-20-4/h6-9,12H,5,10-11H2,1-4H3,(H2,17,19,22)/b18-13-/t12-/m1/s1. The normalized spacial score (nSPS) is 12.6. The predicted molar refractivity (Wildman–Crippen MR) is 94.6 cm³/mol. The molecule has 0 saturated heterocycles. The van der Waals surface area contributed by atoms with E-state index in [0.29, 0.717) is 11.7 Å². The second-order valence-electron chi connectivity index (χ2n) is 5.01. The molecule has 2 N–H and O–H groups in total. The van der Waals surface area contributed by atoms with Gasteiger partial charge in [-0.2, -0.15) is 5.10 Å². The van der Waals surface area contributed by atoms with E-state index < -0.39 is 0 Å². The average Bonchev–Trinajstić information content (AvgIpc) is 2.51. The fourth-order valence-corrected chi connectivity index (χ4v) is 2.01. The quantitative estimate of drug-likeness (QED) is 0.438. The van der Waals surface area contributed by atoms with Crippen molar-refractivity contribution in [2.24, 2.45) is 5.10 Å². The predicted octanol–water partition coefficient (Wildman–Crippen LogP) is 2.70. The summed E-state index contributed by atoms with van der Waals surface area (Å²) in [7, 11) is 1.66. The van der Waals surface area contributed by atoms with Gasteiger partial charge in [0.1, 0.15) is 5.75 Å². The van der Waals surface area contributed by atoms with Crippen LogP contribution in [0.5, 0.6) is 5.75 Å². The van der Waals surface area contributed by atoms with Gasteiger partial charge in [0, 0.05) is 13.2 Å². The van der Waals surface area contributed by atoms with Gasteiger partial charge in [0.05, 0.1) is 18.9 Å². The molecule has 1 aromatic carbocycles. The SMILES string of the molecule is CCCOc1ccc(/C(C)=N\NC(=S)N[C@H](C)COC)cc1. The summed E-state index contributed by atoms with van der Waals surface area (Å²) < 4.78 is 10.6. The lowest BCUT2D eigenvalue weighted by Crippen LogP contribution is -2.40. The van der Waals surface area contributed by atoms with Crippen LogP contribution in [0.25, 0.3) is 0 Å². The molecule has 0 aliphatic rings. The van der Waals surface area contributed by atoms with Crippen LogP contribution in [0.1, 0.15) is 32.8 Å². The highest BCUT2D eigenvalue weighted by molar-refractivity contribution is 7.80. The van der Waals surface area contributed by atoms with Gasteiger partial charge in [0.25, 0.3) is 0 Å². The minimum atomic E-state index is 0.135. The number of rotatable bonds is 8. The molecule has 1 rings (SSSR count). The summed E-state index contributed by atoms with van der Waals surface area (Å²) >= 11 is 5.18. The van der Waals surface area contributed by atoms with E-state index in [-0.39, 0.29) is 6.04 Å². The van der Waals surface area contributed by atoms with Crippen LogP contribution < -0.4 is 15.5 Å². The van der Waals surface area contributed by atoms with Gasteiger partial charge in [0.2, 0.25) is 0 Å². The van der Waals surface area contributed by atoms with Crippen LogP contribution in [0.4, 0.5) is 0 Å². The largest absolute Gasteiger partial charge is 0.494 e. The van der Waals surface area contributed by atoms with E-state index in [0.717, 1.165) is 30.1 Å². The number of methoxy groups -OCH3 is 1. The van der Waals surface area contributed by atoms with Crippen molar-refractivity contribution in [2.75, 3.05) is 20.3 Å². The maximum Gasteiger partial charge on any atom is 0.187 e. The highest BCUT2D eigenvalue weighted by atomic mass is 32.1. The molecule has 22 heavy (non-hydrogen) atoms. The Labute approximate surface area is 138 Å². The highest BCUT2D eigenvalue weighted by Gasteiger charge is 2.03. The Hall–Kier alpha value is -1.66. The second-order valence-corrected chi connectivity index (χ2v) is 5.42. The van der Waals surface area contributed by atoms with E-state index in [1.54, 1.807) is 7.11 Å². The van der Waals surface area contributed by atoms with Crippen molar-refractivity contribution in [3.05, 3.63) is 29.8 Å². The van der Waals surface area contributed by atoms with Crippen LogP contribution in [0.15, 0.2) is 29.4 Å². The number of ether oxygens (including phenoxy) is 2. The molecule has 122 valence electrons. The molecule has 0 aliphatic heterocycles. The Morgan fingerprint density at radius 1 is 1.32 bits per heavy atom. The Bertz CT molecular complexity index is 489. The number of thiocarbonyl (C=S) groups is 1. The van der Waals surface area contributed by atoms with Crippen molar-refractivity contribution in [3.63, 3.8) is 0 Å².